The number of aromatic nitrogens is 1. The van der Waals surface area contributed by atoms with Gasteiger partial charge >= 0.3 is 0 Å². The van der Waals surface area contributed by atoms with Crippen LogP contribution in [-0.4, -0.2) is 4.98 Å². The van der Waals surface area contributed by atoms with Gasteiger partial charge in [-0.1, -0.05) is 140 Å². The Hall–Kier alpha value is -6.77. The Morgan fingerprint density at radius 1 is 0.353 bits per heavy atom. The lowest BCUT2D eigenvalue weighted by atomic mass is 9.83. The van der Waals surface area contributed by atoms with E-state index in [1.54, 1.807) is 0 Å². The lowest BCUT2D eigenvalue weighted by molar-refractivity contribution is 0.670. The lowest BCUT2D eigenvalue weighted by Gasteiger charge is -2.19. The molecule has 0 saturated carbocycles. The van der Waals surface area contributed by atoms with Crippen LogP contribution in [0, 0.1) is 0 Å². The van der Waals surface area contributed by atoms with Gasteiger partial charge in [-0.3, -0.25) is 4.98 Å². The van der Waals surface area contributed by atoms with E-state index in [1.165, 1.54) is 86.9 Å². The van der Waals surface area contributed by atoms with E-state index in [0.717, 1.165) is 22.3 Å². The summed E-state index contributed by atoms with van der Waals surface area (Å²) in [6.07, 6.45) is 3.76. The van der Waals surface area contributed by atoms with Gasteiger partial charge in [0.2, 0.25) is 0 Å². The van der Waals surface area contributed by atoms with E-state index >= 15 is 0 Å². The van der Waals surface area contributed by atoms with Crippen LogP contribution in [0.15, 0.2) is 181 Å². The average Bonchev–Trinajstić information content (AvgIpc) is 3.61. The van der Waals surface area contributed by atoms with Crippen molar-refractivity contribution in [2.75, 3.05) is 0 Å². The summed E-state index contributed by atoms with van der Waals surface area (Å²) < 4.78 is 6.88. The van der Waals surface area contributed by atoms with E-state index in [9.17, 15) is 0 Å². The molecule has 0 saturated heterocycles. The van der Waals surface area contributed by atoms with Gasteiger partial charge in [-0.15, -0.1) is 0 Å². The topological polar surface area (TPSA) is 26.0 Å². The van der Waals surface area contributed by atoms with E-state index in [0.29, 0.717) is 0 Å². The smallest absolute Gasteiger partial charge is 0.143 e. The van der Waals surface area contributed by atoms with Gasteiger partial charge in [-0.2, -0.15) is 0 Å². The molecule has 2 aromatic heterocycles. The van der Waals surface area contributed by atoms with Gasteiger partial charge in [0.25, 0.3) is 0 Å². The Bertz CT molecular complexity index is 3130. The maximum Gasteiger partial charge on any atom is 0.143 e. The number of fused-ring (bicyclic) bond motifs is 10. The Morgan fingerprint density at radius 2 is 0.863 bits per heavy atom. The molecular formula is C49H29NO. The molecule has 0 unspecified atom stereocenters. The molecule has 0 aliphatic rings. The van der Waals surface area contributed by atoms with Crippen LogP contribution in [0.25, 0.3) is 109 Å². The summed E-state index contributed by atoms with van der Waals surface area (Å²) in [5.74, 6) is 0. The molecule has 0 atom stereocenters. The highest BCUT2D eigenvalue weighted by Crippen LogP contribution is 2.48. The first kappa shape index (κ1) is 28.1. The van der Waals surface area contributed by atoms with Crippen molar-refractivity contribution in [2.45, 2.75) is 0 Å². The monoisotopic (exact) mass is 647 g/mol. The summed E-state index contributed by atoms with van der Waals surface area (Å²) in [6, 6.07) is 59.4. The number of hydrogen-bond donors (Lipinski definition) is 0. The first-order chi connectivity index (χ1) is 25.3. The third kappa shape index (κ3) is 4.08. The average molecular weight is 648 g/mol. The van der Waals surface area contributed by atoms with Crippen molar-refractivity contribution >= 4 is 75.8 Å². The van der Waals surface area contributed by atoms with Crippen LogP contribution in [0.2, 0.25) is 0 Å². The van der Waals surface area contributed by atoms with E-state index in [4.69, 9.17) is 4.42 Å². The lowest BCUT2D eigenvalue weighted by Crippen LogP contribution is -1.92. The van der Waals surface area contributed by atoms with Gasteiger partial charge < -0.3 is 4.42 Å². The standard InChI is InChI=1S/C49H29NO/c1-3-13-33-30(11-1)21-24-44-47(33)48-34-14-4-2-12-32(34)29-43(49(48)51-44)37-22-23-42(36-16-6-5-15-35(36)37)46-40-19-9-7-17-38(40)45(31-25-27-50-28-26-31)39-18-8-10-20-41(39)46/h1-29H. The molecule has 0 amide bonds. The van der Waals surface area contributed by atoms with E-state index in [-0.39, 0.29) is 0 Å². The van der Waals surface area contributed by atoms with Crippen molar-refractivity contribution < 1.29 is 4.42 Å². The van der Waals surface area contributed by atoms with Crippen LogP contribution in [0.5, 0.6) is 0 Å². The molecule has 11 rings (SSSR count). The molecule has 11 aromatic rings. The highest BCUT2D eigenvalue weighted by atomic mass is 16.3. The van der Waals surface area contributed by atoms with Gasteiger partial charge in [0.15, 0.2) is 0 Å². The van der Waals surface area contributed by atoms with Crippen molar-refractivity contribution in [2.24, 2.45) is 0 Å². The number of nitrogens with zero attached hydrogens (tertiary/aromatic N) is 1. The minimum atomic E-state index is 0.912. The highest BCUT2D eigenvalue weighted by molar-refractivity contribution is 6.30. The van der Waals surface area contributed by atoms with Crippen molar-refractivity contribution in [1.29, 1.82) is 0 Å². The zero-order valence-corrected chi connectivity index (χ0v) is 27.6. The van der Waals surface area contributed by atoms with Crippen LogP contribution in [0.4, 0.5) is 0 Å². The molecule has 51 heavy (non-hydrogen) atoms. The van der Waals surface area contributed by atoms with Crippen LogP contribution < -0.4 is 0 Å². The predicted molar refractivity (Wildman–Crippen MR) is 215 cm³/mol. The summed E-state index contributed by atoms with van der Waals surface area (Å²) in [6.45, 7) is 0. The van der Waals surface area contributed by atoms with E-state index < -0.39 is 0 Å². The van der Waals surface area contributed by atoms with Crippen molar-refractivity contribution in [3.05, 3.63) is 176 Å². The molecule has 0 spiro atoms. The summed E-state index contributed by atoms with van der Waals surface area (Å²) in [4.78, 5) is 4.32. The van der Waals surface area contributed by atoms with Crippen LogP contribution in [-0.2, 0) is 0 Å². The first-order valence-electron chi connectivity index (χ1n) is 17.5. The molecule has 0 aliphatic heterocycles. The molecule has 2 heterocycles. The SMILES string of the molecule is c1ccc2c(c1)ccc1oc3c(-c4ccc(-c5c6ccccc6c(-c6ccncc6)c6ccccc56)c5ccccc45)cc4ccccc4c3c12. The number of pyridine rings is 1. The quantitative estimate of drug-likeness (QED) is 0.178. The predicted octanol–water partition coefficient (Wildman–Crippen LogP) is 13.7. The molecule has 0 aliphatic carbocycles. The second kappa shape index (κ2) is 10.9. The number of hydrogen-bond acceptors (Lipinski definition) is 2. The fourth-order valence-electron chi connectivity index (χ4n) is 8.59. The minimum Gasteiger partial charge on any atom is -0.455 e. The summed E-state index contributed by atoms with van der Waals surface area (Å²) in [7, 11) is 0. The highest BCUT2D eigenvalue weighted by Gasteiger charge is 2.22. The largest absolute Gasteiger partial charge is 0.455 e. The minimum absolute atomic E-state index is 0.912. The molecule has 236 valence electrons. The molecule has 2 nitrogen and oxygen atoms in total. The Balaban J connectivity index is 1.24. The third-order valence-corrected chi connectivity index (χ3v) is 10.7. The maximum absolute atomic E-state index is 6.88. The molecule has 0 N–H and O–H groups in total. The van der Waals surface area contributed by atoms with Crippen LogP contribution in [0.3, 0.4) is 0 Å². The summed E-state index contributed by atoms with van der Waals surface area (Å²) in [5, 5.41) is 14.5. The van der Waals surface area contributed by atoms with E-state index in [2.05, 4.69) is 169 Å². The first-order valence-corrected chi connectivity index (χ1v) is 17.5. The molecule has 0 fully saturated rings. The van der Waals surface area contributed by atoms with Gasteiger partial charge in [-0.05, 0) is 106 Å². The van der Waals surface area contributed by atoms with Crippen LogP contribution >= 0.6 is 0 Å². The summed E-state index contributed by atoms with van der Waals surface area (Å²) >= 11 is 0. The number of furan rings is 1. The molecular weight excluding hydrogens is 619 g/mol. The fraction of sp³-hybridized carbons (Fsp3) is 0. The van der Waals surface area contributed by atoms with Crippen molar-refractivity contribution in [3.8, 4) is 33.4 Å². The Morgan fingerprint density at radius 3 is 1.53 bits per heavy atom. The van der Waals surface area contributed by atoms with Gasteiger partial charge in [0.05, 0.1) is 0 Å². The van der Waals surface area contributed by atoms with Crippen LogP contribution in [0.1, 0.15) is 0 Å². The Labute approximate surface area is 293 Å². The zero-order valence-electron chi connectivity index (χ0n) is 27.6. The normalized spacial score (nSPS) is 11.9. The van der Waals surface area contributed by atoms with Gasteiger partial charge in [-0.25, -0.2) is 0 Å². The van der Waals surface area contributed by atoms with Gasteiger partial charge in [0, 0.05) is 28.7 Å². The second-order valence-electron chi connectivity index (χ2n) is 13.4. The second-order valence-corrected chi connectivity index (χ2v) is 13.4. The zero-order chi connectivity index (χ0) is 33.5. The van der Waals surface area contributed by atoms with Gasteiger partial charge in [0.1, 0.15) is 11.2 Å². The van der Waals surface area contributed by atoms with Crippen molar-refractivity contribution in [3.63, 3.8) is 0 Å². The number of rotatable bonds is 3. The molecule has 0 bridgehead atoms. The Kier molecular flexibility index (Phi) is 5.99. The fourth-order valence-corrected chi connectivity index (χ4v) is 8.59. The number of benzene rings is 9. The molecule has 9 aromatic carbocycles. The maximum atomic E-state index is 6.88. The molecule has 0 radical (unpaired) electrons. The van der Waals surface area contributed by atoms with E-state index in [1.807, 2.05) is 12.4 Å². The summed E-state index contributed by atoms with van der Waals surface area (Å²) in [5.41, 5.74) is 8.98. The third-order valence-electron chi connectivity index (χ3n) is 10.7. The van der Waals surface area contributed by atoms with Crippen molar-refractivity contribution in [1.82, 2.24) is 4.98 Å². The molecule has 2 heteroatoms.